The van der Waals surface area contributed by atoms with E-state index in [1.807, 2.05) is 19.1 Å². The third-order valence-corrected chi connectivity index (χ3v) is 2.96. The number of carbonyl (C=O) groups excluding carboxylic acids is 1. The zero-order valence-corrected chi connectivity index (χ0v) is 12.0. The van der Waals surface area contributed by atoms with Crippen molar-refractivity contribution >= 4 is 5.91 Å². The summed E-state index contributed by atoms with van der Waals surface area (Å²) in [4.78, 5) is 11.3. The number of benzene rings is 1. The van der Waals surface area contributed by atoms with Crippen LogP contribution in [-0.2, 0) is 11.2 Å². The van der Waals surface area contributed by atoms with Crippen LogP contribution >= 0.6 is 0 Å². The molecule has 19 heavy (non-hydrogen) atoms. The van der Waals surface area contributed by atoms with Gasteiger partial charge >= 0.3 is 0 Å². The molecule has 0 saturated heterocycles. The number of ether oxygens (including phenoxy) is 2. The van der Waals surface area contributed by atoms with Gasteiger partial charge in [0.25, 0.3) is 0 Å². The summed E-state index contributed by atoms with van der Waals surface area (Å²) in [5, 5.41) is 0. The van der Waals surface area contributed by atoms with Crippen molar-refractivity contribution in [1.82, 2.24) is 10.9 Å². The SMILES string of the molecule is CNNC(=O)CCCc1cc(OC)c(OC)cc1C. The van der Waals surface area contributed by atoms with Gasteiger partial charge in [-0.25, -0.2) is 5.43 Å². The maximum atomic E-state index is 11.3. The second kappa shape index (κ2) is 7.63. The van der Waals surface area contributed by atoms with E-state index in [9.17, 15) is 4.79 Å². The lowest BCUT2D eigenvalue weighted by atomic mass is 10.0. The van der Waals surface area contributed by atoms with E-state index in [4.69, 9.17) is 9.47 Å². The molecule has 0 bridgehead atoms. The van der Waals surface area contributed by atoms with Crippen LogP contribution in [0, 0.1) is 6.92 Å². The Morgan fingerprint density at radius 1 is 1.21 bits per heavy atom. The van der Waals surface area contributed by atoms with E-state index in [1.165, 1.54) is 5.56 Å². The predicted molar refractivity (Wildman–Crippen MR) is 74.4 cm³/mol. The van der Waals surface area contributed by atoms with Crippen LogP contribution in [-0.4, -0.2) is 27.2 Å². The fourth-order valence-electron chi connectivity index (χ4n) is 1.93. The quantitative estimate of drug-likeness (QED) is 0.736. The molecule has 2 N–H and O–H groups in total. The van der Waals surface area contributed by atoms with E-state index in [-0.39, 0.29) is 5.91 Å². The normalized spacial score (nSPS) is 10.1. The number of aryl methyl sites for hydroxylation is 2. The lowest BCUT2D eigenvalue weighted by Gasteiger charge is -2.12. The van der Waals surface area contributed by atoms with Crippen LogP contribution in [0.2, 0.25) is 0 Å². The molecule has 0 heterocycles. The van der Waals surface area contributed by atoms with Gasteiger partial charge in [0.15, 0.2) is 11.5 Å². The summed E-state index contributed by atoms with van der Waals surface area (Å²) in [5.74, 6) is 1.46. The van der Waals surface area contributed by atoms with E-state index < -0.39 is 0 Å². The van der Waals surface area contributed by atoms with Crippen LogP contribution in [0.25, 0.3) is 0 Å². The van der Waals surface area contributed by atoms with Crippen molar-refractivity contribution in [1.29, 1.82) is 0 Å². The summed E-state index contributed by atoms with van der Waals surface area (Å²) in [5.41, 5.74) is 7.50. The van der Waals surface area contributed by atoms with Crippen LogP contribution < -0.4 is 20.3 Å². The molecule has 0 aliphatic rings. The van der Waals surface area contributed by atoms with Crippen LogP contribution in [0.1, 0.15) is 24.0 Å². The van der Waals surface area contributed by atoms with Crippen LogP contribution in [0.15, 0.2) is 12.1 Å². The summed E-state index contributed by atoms with van der Waals surface area (Å²) in [6.07, 6.45) is 2.13. The Morgan fingerprint density at radius 3 is 2.42 bits per heavy atom. The summed E-state index contributed by atoms with van der Waals surface area (Å²) < 4.78 is 10.5. The molecule has 0 atom stereocenters. The molecule has 0 aromatic heterocycles. The minimum atomic E-state index is 0.000583. The molecular formula is C14H22N2O3. The topological polar surface area (TPSA) is 59.6 Å². The third kappa shape index (κ3) is 4.44. The van der Waals surface area contributed by atoms with Gasteiger partial charge < -0.3 is 9.47 Å². The molecule has 0 fully saturated rings. The highest BCUT2D eigenvalue weighted by Crippen LogP contribution is 2.30. The molecule has 0 aliphatic carbocycles. The third-order valence-electron chi connectivity index (χ3n) is 2.96. The predicted octanol–water partition coefficient (Wildman–Crippen LogP) is 1.59. The smallest absolute Gasteiger partial charge is 0.234 e. The number of carbonyl (C=O) groups is 1. The second-order valence-electron chi connectivity index (χ2n) is 4.29. The largest absolute Gasteiger partial charge is 0.493 e. The van der Waals surface area contributed by atoms with Gasteiger partial charge in [-0.1, -0.05) is 0 Å². The molecule has 0 saturated carbocycles. The van der Waals surface area contributed by atoms with Crippen molar-refractivity contribution < 1.29 is 14.3 Å². The molecular weight excluding hydrogens is 244 g/mol. The minimum Gasteiger partial charge on any atom is -0.493 e. The summed E-state index contributed by atoms with van der Waals surface area (Å²) in [6, 6.07) is 3.94. The molecule has 0 aliphatic heterocycles. The molecule has 5 nitrogen and oxygen atoms in total. The molecule has 0 radical (unpaired) electrons. The Kier molecular flexibility index (Phi) is 6.15. The van der Waals surface area contributed by atoms with E-state index in [0.29, 0.717) is 6.42 Å². The Labute approximate surface area is 114 Å². The Balaban J connectivity index is 2.65. The van der Waals surface area contributed by atoms with Gasteiger partial charge in [-0.05, 0) is 43.0 Å². The molecule has 1 aromatic carbocycles. The molecule has 1 amide bonds. The molecule has 0 spiro atoms. The molecule has 0 unspecified atom stereocenters. The van der Waals surface area contributed by atoms with E-state index in [2.05, 4.69) is 10.9 Å². The first-order chi connectivity index (χ1) is 9.12. The molecule has 5 heteroatoms. The number of rotatable bonds is 7. The zero-order chi connectivity index (χ0) is 14.3. The standard InChI is InChI=1S/C14H22N2O3/c1-10-8-12(18-3)13(19-4)9-11(10)6-5-7-14(17)16-15-2/h8-9,15H,5-7H2,1-4H3,(H,16,17). The lowest BCUT2D eigenvalue weighted by Crippen LogP contribution is -2.33. The van der Waals surface area contributed by atoms with Crippen LogP contribution in [0.4, 0.5) is 0 Å². The maximum absolute atomic E-state index is 11.3. The number of hydrazine groups is 1. The summed E-state index contributed by atoms with van der Waals surface area (Å²) >= 11 is 0. The van der Waals surface area contributed by atoms with E-state index in [1.54, 1.807) is 21.3 Å². The average Bonchev–Trinajstić information content (AvgIpc) is 2.40. The van der Waals surface area contributed by atoms with Crippen molar-refractivity contribution in [2.45, 2.75) is 26.2 Å². The van der Waals surface area contributed by atoms with Gasteiger partial charge in [0.05, 0.1) is 14.2 Å². The van der Waals surface area contributed by atoms with Crippen molar-refractivity contribution in [3.63, 3.8) is 0 Å². The monoisotopic (exact) mass is 266 g/mol. The number of methoxy groups -OCH3 is 2. The lowest BCUT2D eigenvalue weighted by molar-refractivity contribution is -0.122. The second-order valence-corrected chi connectivity index (χ2v) is 4.29. The highest BCUT2D eigenvalue weighted by Gasteiger charge is 2.09. The zero-order valence-electron chi connectivity index (χ0n) is 12.0. The molecule has 106 valence electrons. The fourth-order valence-corrected chi connectivity index (χ4v) is 1.93. The number of nitrogens with one attached hydrogen (secondary N) is 2. The average molecular weight is 266 g/mol. The van der Waals surface area contributed by atoms with Crippen molar-refractivity contribution in [2.24, 2.45) is 0 Å². The van der Waals surface area contributed by atoms with Crippen LogP contribution in [0.5, 0.6) is 11.5 Å². The molecule has 1 aromatic rings. The summed E-state index contributed by atoms with van der Waals surface area (Å²) in [6.45, 7) is 2.03. The summed E-state index contributed by atoms with van der Waals surface area (Å²) in [7, 11) is 4.92. The van der Waals surface area contributed by atoms with Crippen molar-refractivity contribution in [3.8, 4) is 11.5 Å². The van der Waals surface area contributed by atoms with Gasteiger partial charge in [0, 0.05) is 13.5 Å². The number of amides is 1. The van der Waals surface area contributed by atoms with Gasteiger partial charge in [0.1, 0.15) is 0 Å². The van der Waals surface area contributed by atoms with E-state index >= 15 is 0 Å². The first kappa shape index (κ1) is 15.3. The number of hydrogen-bond donors (Lipinski definition) is 2. The van der Waals surface area contributed by atoms with Gasteiger partial charge in [0.2, 0.25) is 5.91 Å². The first-order valence-electron chi connectivity index (χ1n) is 6.29. The van der Waals surface area contributed by atoms with Crippen LogP contribution in [0.3, 0.4) is 0 Å². The molecule has 1 rings (SSSR count). The van der Waals surface area contributed by atoms with Gasteiger partial charge in [-0.15, -0.1) is 0 Å². The first-order valence-corrected chi connectivity index (χ1v) is 6.29. The van der Waals surface area contributed by atoms with Gasteiger partial charge in [-0.3, -0.25) is 10.2 Å². The van der Waals surface area contributed by atoms with E-state index in [0.717, 1.165) is 29.9 Å². The highest BCUT2D eigenvalue weighted by molar-refractivity contribution is 5.75. The number of hydrogen-bond acceptors (Lipinski definition) is 4. The van der Waals surface area contributed by atoms with Crippen molar-refractivity contribution in [3.05, 3.63) is 23.3 Å². The Hall–Kier alpha value is -1.75. The minimum absolute atomic E-state index is 0.000583. The van der Waals surface area contributed by atoms with Gasteiger partial charge in [-0.2, -0.15) is 0 Å². The Bertz CT molecular complexity index is 433. The van der Waals surface area contributed by atoms with Crippen molar-refractivity contribution in [2.75, 3.05) is 21.3 Å². The Morgan fingerprint density at radius 2 is 1.84 bits per heavy atom. The maximum Gasteiger partial charge on any atom is 0.234 e. The fraction of sp³-hybridized carbons (Fsp3) is 0.500. The highest BCUT2D eigenvalue weighted by atomic mass is 16.5.